The lowest BCUT2D eigenvalue weighted by Crippen LogP contribution is -2.06. The lowest BCUT2D eigenvalue weighted by molar-refractivity contribution is 0.960. The maximum Gasteiger partial charge on any atom is 0.229 e. The van der Waals surface area contributed by atoms with Crippen molar-refractivity contribution in [2.45, 2.75) is 34.1 Å². The van der Waals surface area contributed by atoms with Crippen LogP contribution in [0.5, 0.6) is 0 Å². The first-order valence-corrected chi connectivity index (χ1v) is 7.57. The molecular weight excluding hydrogens is 274 g/mol. The Hall–Kier alpha value is -2.61. The minimum atomic E-state index is 0.541. The number of nitrogens with one attached hydrogen (secondary N) is 2. The van der Waals surface area contributed by atoms with E-state index in [1.165, 1.54) is 0 Å². The highest BCUT2D eigenvalue weighted by atomic mass is 15.1. The lowest BCUT2D eigenvalue weighted by Gasteiger charge is -2.10. The number of anilines is 3. The smallest absolute Gasteiger partial charge is 0.229 e. The topological polar surface area (TPSA) is 73.6 Å². The van der Waals surface area contributed by atoms with Gasteiger partial charge in [0.1, 0.15) is 5.82 Å². The minimum Gasteiger partial charge on any atom is -0.370 e. The van der Waals surface area contributed by atoms with Crippen LogP contribution >= 0.6 is 0 Å². The number of hydrogen-bond donors (Lipinski definition) is 2. The molecule has 0 aliphatic heterocycles. The van der Waals surface area contributed by atoms with Crippen LogP contribution in [0, 0.1) is 18.3 Å². The monoisotopic (exact) mass is 297 g/mol. The van der Waals surface area contributed by atoms with Gasteiger partial charge in [0.2, 0.25) is 5.95 Å². The molecule has 0 amide bonds. The Morgan fingerprint density at radius 2 is 1.86 bits per heavy atom. The summed E-state index contributed by atoms with van der Waals surface area (Å²) < 4.78 is 0. The van der Waals surface area contributed by atoms with E-state index in [4.69, 9.17) is 5.26 Å². The minimum absolute atomic E-state index is 0.541. The van der Waals surface area contributed by atoms with Crippen LogP contribution in [-0.2, 0) is 0 Å². The normalized spacial score (nSPS) is 9.23. The molecule has 0 atom stereocenters. The highest BCUT2D eigenvalue weighted by Crippen LogP contribution is 2.17. The lowest BCUT2D eigenvalue weighted by atomic mass is 10.2. The standard InChI is InChI=1S/C15H17N5.C2H6/c1-3-8-17-14-11(2)10-18-15(20-14)19-13-6-4-12(9-16)5-7-13;1-2/h4-7,10H,3,8H2,1-2H3,(H2,17,18,19,20);1-2H3. The first-order valence-electron chi connectivity index (χ1n) is 7.57. The third kappa shape index (κ3) is 5.06. The van der Waals surface area contributed by atoms with Crippen LogP contribution in [0.4, 0.5) is 17.5 Å². The molecule has 0 aliphatic carbocycles. The van der Waals surface area contributed by atoms with Crippen LogP contribution in [0.15, 0.2) is 30.5 Å². The molecule has 22 heavy (non-hydrogen) atoms. The van der Waals surface area contributed by atoms with E-state index in [2.05, 4.69) is 33.6 Å². The third-order valence-corrected chi connectivity index (χ3v) is 2.78. The van der Waals surface area contributed by atoms with E-state index >= 15 is 0 Å². The number of hydrogen-bond acceptors (Lipinski definition) is 5. The molecule has 0 unspecified atom stereocenters. The molecule has 0 radical (unpaired) electrons. The Balaban J connectivity index is 0.00000116. The van der Waals surface area contributed by atoms with Crippen molar-refractivity contribution in [2.24, 2.45) is 0 Å². The number of nitrogens with zero attached hydrogens (tertiary/aromatic N) is 3. The molecule has 0 aliphatic rings. The predicted octanol–water partition coefficient (Wildman–Crippen LogP) is 4.25. The predicted molar refractivity (Wildman–Crippen MR) is 91.3 cm³/mol. The SMILES string of the molecule is CC.CCCNc1nc(Nc2ccc(C#N)cc2)ncc1C. The van der Waals surface area contributed by atoms with Gasteiger partial charge in [-0.3, -0.25) is 0 Å². The molecule has 5 nitrogen and oxygen atoms in total. The first kappa shape index (κ1) is 17.4. The zero-order valence-corrected chi connectivity index (χ0v) is 13.6. The number of benzene rings is 1. The summed E-state index contributed by atoms with van der Waals surface area (Å²) in [6.45, 7) is 8.97. The second kappa shape index (κ2) is 9.35. The van der Waals surface area contributed by atoms with Gasteiger partial charge in [0.15, 0.2) is 0 Å². The number of aryl methyl sites for hydroxylation is 1. The molecule has 2 N–H and O–H groups in total. The Labute approximate surface area is 132 Å². The summed E-state index contributed by atoms with van der Waals surface area (Å²) >= 11 is 0. The van der Waals surface area contributed by atoms with Gasteiger partial charge >= 0.3 is 0 Å². The fourth-order valence-corrected chi connectivity index (χ4v) is 1.68. The van der Waals surface area contributed by atoms with E-state index in [1.54, 1.807) is 18.3 Å². The largest absolute Gasteiger partial charge is 0.370 e. The Kier molecular flexibility index (Phi) is 7.41. The van der Waals surface area contributed by atoms with Crippen molar-refractivity contribution in [1.29, 1.82) is 5.26 Å². The molecule has 0 spiro atoms. The van der Waals surface area contributed by atoms with Gasteiger partial charge < -0.3 is 10.6 Å². The van der Waals surface area contributed by atoms with E-state index in [-0.39, 0.29) is 0 Å². The second-order valence-electron chi connectivity index (χ2n) is 4.47. The maximum absolute atomic E-state index is 8.76. The fraction of sp³-hybridized carbons (Fsp3) is 0.353. The second-order valence-corrected chi connectivity index (χ2v) is 4.47. The number of aromatic nitrogens is 2. The summed E-state index contributed by atoms with van der Waals surface area (Å²) in [6.07, 6.45) is 2.83. The molecule has 2 aromatic rings. The fourth-order valence-electron chi connectivity index (χ4n) is 1.68. The van der Waals surface area contributed by atoms with E-state index in [0.29, 0.717) is 11.5 Å². The summed E-state index contributed by atoms with van der Waals surface area (Å²) in [5.41, 5.74) is 2.50. The van der Waals surface area contributed by atoms with E-state index < -0.39 is 0 Å². The molecule has 0 saturated carbocycles. The molecule has 1 heterocycles. The van der Waals surface area contributed by atoms with Gasteiger partial charge in [0.05, 0.1) is 11.6 Å². The van der Waals surface area contributed by atoms with Crippen molar-refractivity contribution in [3.63, 3.8) is 0 Å². The molecule has 0 saturated heterocycles. The van der Waals surface area contributed by atoms with Crippen LogP contribution in [0.1, 0.15) is 38.3 Å². The van der Waals surface area contributed by atoms with Crippen molar-refractivity contribution in [3.8, 4) is 6.07 Å². The zero-order valence-electron chi connectivity index (χ0n) is 13.6. The first-order chi connectivity index (χ1) is 10.7. The van der Waals surface area contributed by atoms with Crippen molar-refractivity contribution in [2.75, 3.05) is 17.2 Å². The summed E-state index contributed by atoms with van der Waals surface area (Å²) in [5.74, 6) is 1.39. The number of rotatable bonds is 5. The van der Waals surface area contributed by atoms with Gasteiger partial charge in [-0.1, -0.05) is 20.8 Å². The van der Waals surface area contributed by atoms with Crippen LogP contribution in [0.2, 0.25) is 0 Å². The molecule has 0 fully saturated rings. The number of nitriles is 1. The van der Waals surface area contributed by atoms with Crippen molar-refractivity contribution < 1.29 is 0 Å². The zero-order chi connectivity index (χ0) is 16.4. The summed E-state index contributed by atoms with van der Waals surface area (Å²) in [5, 5.41) is 15.2. The Bertz CT molecular complexity index is 614. The average molecular weight is 297 g/mol. The molecular formula is C17H23N5. The van der Waals surface area contributed by atoms with Gasteiger partial charge in [-0.25, -0.2) is 4.98 Å². The van der Waals surface area contributed by atoms with Gasteiger partial charge in [-0.05, 0) is 37.6 Å². The van der Waals surface area contributed by atoms with E-state index in [0.717, 1.165) is 30.0 Å². The summed E-state index contributed by atoms with van der Waals surface area (Å²) in [6, 6.07) is 9.27. The average Bonchev–Trinajstić information content (AvgIpc) is 2.58. The van der Waals surface area contributed by atoms with Crippen molar-refractivity contribution >= 4 is 17.5 Å². The van der Waals surface area contributed by atoms with Gasteiger partial charge in [0, 0.05) is 24.0 Å². The molecule has 0 bridgehead atoms. The molecule has 1 aromatic carbocycles. The van der Waals surface area contributed by atoms with Crippen LogP contribution in [-0.4, -0.2) is 16.5 Å². The maximum atomic E-state index is 8.76. The third-order valence-electron chi connectivity index (χ3n) is 2.78. The van der Waals surface area contributed by atoms with Crippen LogP contribution in [0.3, 0.4) is 0 Å². The molecule has 2 rings (SSSR count). The summed E-state index contributed by atoms with van der Waals surface area (Å²) in [4.78, 5) is 8.71. The van der Waals surface area contributed by atoms with Crippen molar-refractivity contribution in [1.82, 2.24) is 9.97 Å². The summed E-state index contributed by atoms with van der Waals surface area (Å²) in [7, 11) is 0. The van der Waals surface area contributed by atoms with E-state index in [1.807, 2.05) is 32.9 Å². The van der Waals surface area contributed by atoms with Gasteiger partial charge in [-0.2, -0.15) is 10.2 Å². The van der Waals surface area contributed by atoms with Gasteiger partial charge in [0.25, 0.3) is 0 Å². The van der Waals surface area contributed by atoms with Crippen LogP contribution < -0.4 is 10.6 Å². The van der Waals surface area contributed by atoms with E-state index in [9.17, 15) is 0 Å². The molecule has 1 aromatic heterocycles. The molecule has 5 heteroatoms. The Morgan fingerprint density at radius 3 is 2.45 bits per heavy atom. The van der Waals surface area contributed by atoms with Gasteiger partial charge in [-0.15, -0.1) is 0 Å². The quantitative estimate of drug-likeness (QED) is 0.863. The highest BCUT2D eigenvalue weighted by Gasteiger charge is 2.03. The Morgan fingerprint density at radius 1 is 1.18 bits per heavy atom. The highest BCUT2D eigenvalue weighted by molar-refractivity contribution is 5.57. The van der Waals surface area contributed by atoms with Crippen molar-refractivity contribution in [3.05, 3.63) is 41.6 Å². The van der Waals surface area contributed by atoms with Crippen LogP contribution in [0.25, 0.3) is 0 Å². The molecule has 116 valence electrons.